The van der Waals surface area contributed by atoms with Gasteiger partial charge < -0.3 is 15.5 Å². The van der Waals surface area contributed by atoms with Crippen molar-refractivity contribution in [2.24, 2.45) is 0 Å². The first-order chi connectivity index (χ1) is 10.2. The lowest BCUT2D eigenvalue weighted by Crippen LogP contribution is -2.52. The summed E-state index contributed by atoms with van der Waals surface area (Å²) in [6.45, 7) is 7.22. The van der Waals surface area contributed by atoms with Gasteiger partial charge in [-0.1, -0.05) is 0 Å². The molecule has 23 heavy (non-hydrogen) atoms. The Morgan fingerprint density at radius 2 is 2.00 bits per heavy atom. The Bertz CT molecular complexity index is 498. The predicted octanol–water partition coefficient (Wildman–Crippen LogP) is -0.937. The van der Waals surface area contributed by atoms with Crippen LogP contribution in [0.2, 0.25) is 0 Å². The molecule has 0 aromatic carbocycles. The number of piperazine rings is 1. The Balaban J connectivity index is 0.00000484. The average molecular weight is 371 g/mol. The molecule has 0 bridgehead atoms. The van der Waals surface area contributed by atoms with Gasteiger partial charge in [0.25, 0.3) is 0 Å². The third-order valence-electron chi connectivity index (χ3n) is 3.31. The van der Waals surface area contributed by atoms with Gasteiger partial charge in [-0.25, -0.2) is 13.1 Å². The van der Waals surface area contributed by atoms with Crippen LogP contribution in [-0.4, -0.2) is 69.1 Å². The fourth-order valence-corrected chi connectivity index (χ4v) is 3.14. The van der Waals surface area contributed by atoms with Crippen molar-refractivity contribution in [2.45, 2.75) is 39.3 Å². The largest absolute Gasteiger partial charge is 0.353 e. The van der Waals surface area contributed by atoms with E-state index in [0.29, 0.717) is 13.1 Å². The maximum atomic E-state index is 12.1. The van der Waals surface area contributed by atoms with Gasteiger partial charge in [-0.2, -0.15) is 0 Å². The van der Waals surface area contributed by atoms with Crippen LogP contribution in [0, 0.1) is 0 Å². The van der Waals surface area contributed by atoms with Gasteiger partial charge in [-0.05, 0) is 20.8 Å². The summed E-state index contributed by atoms with van der Waals surface area (Å²) in [5.41, 5.74) is 0. The molecule has 10 heteroatoms. The van der Waals surface area contributed by atoms with Gasteiger partial charge >= 0.3 is 0 Å². The molecule has 0 radical (unpaired) electrons. The highest BCUT2D eigenvalue weighted by atomic mass is 35.5. The summed E-state index contributed by atoms with van der Waals surface area (Å²) in [5.74, 6) is -0.871. The molecule has 1 atom stereocenters. The second kappa shape index (κ2) is 10.1. The fourth-order valence-electron chi connectivity index (χ4n) is 2.20. The van der Waals surface area contributed by atoms with Gasteiger partial charge in [-0.15, -0.1) is 12.4 Å². The molecule has 1 aliphatic heterocycles. The van der Waals surface area contributed by atoms with E-state index in [-0.39, 0.29) is 55.0 Å². The van der Waals surface area contributed by atoms with E-state index >= 15 is 0 Å². The number of carbonyl (C=O) groups is 2. The fraction of sp³-hybridized carbons (Fsp3) is 0.846. The molecular formula is C13H27ClN4O4S. The molecule has 1 rings (SSSR count). The number of amides is 2. The second-order valence-electron chi connectivity index (χ2n) is 5.75. The molecular weight excluding hydrogens is 344 g/mol. The van der Waals surface area contributed by atoms with Crippen molar-refractivity contribution in [3.63, 3.8) is 0 Å². The van der Waals surface area contributed by atoms with Crippen LogP contribution < -0.4 is 15.4 Å². The Morgan fingerprint density at radius 3 is 2.57 bits per heavy atom. The lowest BCUT2D eigenvalue weighted by Gasteiger charge is -2.34. The zero-order valence-corrected chi connectivity index (χ0v) is 15.4. The standard InChI is InChI=1S/C13H26N4O4S.ClH/c1-10(2)16-12(18)9-15-22(20,21)7-4-13(19)17-6-5-14-8-11(17)3;/h10-11,14-15H,4-9H2,1-3H3,(H,16,18);1H/t11-;/m1./s1. The van der Waals surface area contributed by atoms with E-state index in [0.717, 1.165) is 6.54 Å². The summed E-state index contributed by atoms with van der Waals surface area (Å²) in [5, 5.41) is 5.76. The normalized spacial score (nSPS) is 18.4. The van der Waals surface area contributed by atoms with Crippen LogP contribution in [0.3, 0.4) is 0 Å². The van der Waals surface area contributed by atoms with Crippen molar-refractivity contribution in [1.29, 1.82) is 0 Å². The number of rotatable bonds is 7. The summed E-state index contributed by atoms with van der Waals surface area (Å²) in [6.07, 6.45) is -0.0779. The topological polar surface area (TPSA) is 108 Å². The van der Waals surface area contributed by atoms with E-state index in [1.807, 2.05) is 6.92 Å². The monoisotopic (exact) mass is 370 g/mol. The molecule has 1 heterocycles. The molecule has 0 unspecified atom stereocenters. The van der Waals surface area contributed by atoms with Crippen LogP contribution in [-0.2, 0) is 19.6 Å². The van der Waals surface area contributed by atoms with Crippen molar-refractivity contribution in [3.05, 3.63) is 0 Å². The smallest absolute Gasteiger partial charge is 0.235 e. The molecule has 1 aliphatic rings. The Kier molecular flexibility index (Phi) is 9.67. The summed E-state index contributed by atoms with van der Waals surface area (Å²) >= 11 is 0. The molecule has 0 aliphatic carbocycles. The Labute approximate surface area is 144 Å². The quantitative estimate of drug-likeness (QED) is 0.536. The highest BCUT2D eigenvalue weighted by molar-refractivity contribution is 7.89. The van der Waals surface area contributed by atoms with Gasteiger partial charge in [-0.3, -0.25) is 9.59 Å². The Morgan fingerprint density at radius 1 is 1.35 bits per heavy atom. The van der Waals surface area contributed by atoms with Crippen molar-refractivity contribution in [1.82, 2.24) is 20.3 Å². The zero-order valence-electron chi connectivity index (χ0n) is 13.8. The van der Waals surface area contributed by atoms with E-state index in [1.165, 1.54) is 0 Å². The van der Waals surface area contributed by atoms with Crippen molar-refractivity contribution in [2.75, 3.05) is 31.9 Å². The van der Waals surface area contributed by atoms with Crippen LogP contribution in [0.1, 0.15) is 27.2 Å². The maximum absolute atomic E-state index is 12.1. The van der Waals surface area contributed by atoms with Gasteiger partial charge in [0, 0.05) is 38.1 Å². The van der Waals surface area contributed by atoms with E-state index < -0.39 is 10.0 Å². The summed E-state index contributed by atoms with van der Waals surface area (Å²) in [4.78, 5) is 25.2. The molecule has 0 spiro atoms. The van der Waals surface area contributed by atoms with Crippen LogP contribution in [0.5, 0.6) is 0 Å². The molecule has 1 fully saturated rings. The molecule has 8 nitrogen and oxygen atoms in total. The summed E-state index contributed by atoms with van der Waals surface area (Å²) < 4.78 is 25.8. The number of hydrogen-bond acceptors (Lipinski definition) is 5. The van der Waals surface area contributed by atoms with E-state index in [1.54, 1.807) is 18.7 Å². The highest BCUT2D eigenvalue weighted by Crippen LogP contribution is 2.05. The molecule has 3 N–H and O–H groups in total. The lowest BCUT2D eigenvalue weighted by atomic mass is 10.2. The van der Waals surface area contributed by atoms with Gasteiger partial charge in [0.1, 0.15) is 0 Å². The number of carbonyl (C=O) groups excluding carboxylic acids is 2. The predicted molar refractivity (Wildman–Crippen MR) is 91.0 cm³/mol. The molecule has 2 amide bonds. The zero-order chi connectivity index (χ0) is 16.8. The van der Waals surface area contributed by atoms with Crippen molar-refractivity contribution < 1.29 is 18.0 Å². The van der Waals surface area contributed by atoms with E-state index in [9.17, 15) is 18.0 Å². The molecule has 0 saturated carbocycles. The van der Waals surface area contributed by atoms with E-state index in [2.05, 4.69) is 15.4 Å². The third-order valence-corrected chi connectivity index (χ3v) is 4.63. The van der Waals surface area contributed by atoms with Gasteiger partial charge in [0.05, 0.1) is 12.3 Å². The minimum absolute atomic E-state index is 0. The number of nitrogens with one attached hydrogen (secondary N) is 3. The summed E-state index contributed by atoms with van der Waals surface area (Å²) in [7, 11) is -3.64. The van der Waals surface area contributed by atoms with Crippen LogP contribution in [0.15, 0.2) is 0 Å². The number of sulfonamides is 1. The van der Waals surface area contributed by atoms with Crippen molar-refractivity contribution in [3.8, 4) is 0 Å². The highest BCUT2D eigenvalue weighted by Gasteiger charge is 2.24. The van der Waals surface area contributed by atoms with Crippen molar-refractivity contribution >= 4 is 34.2 Å². The first-order valence-electron chi connectivity index (χ1n) is 7.48. The molecule has 1 saturated heterocycles. The van der Waals surface area contributed by atoms with E-state index in [4.69, 9.17) is 0 Å². The minimum atomic E-state index is -3.64. The van der Waals surface area contributed by atoms with Crippen LogP contribution in [0.25, 0.3) is 0 Å². The molecule has 0 aromatic heterocycles. The Hall–Kier alpha value is -0.900. The lowest BCUT2D eigenvalue weighted by molar-refractivity contribution is -0.133. The first-order valence-corrected chi connectivity index (χ1v) is 9.13. The number of halogens is 1. The SMILES string of the molecule is CC(C)NC(=O)CNS(=O)(=O)CCC(=O)N1CCNC[C@H]1C.Cl. The van der Waals surface area contributed by atoms with Gasteiger partial charge in [0.15, 0.2) is 0 Å². The first kappa shape index (κ1) is 22.1. The average Bonchev–Trinajstić information content (AvgIpc) is 2.43. The maximum Gasteiger partial charge on any atom is 0.235 e. The number of nitrogens with zero attached hydrogens (tertiary/aromatic N) is 1. The summed E-state index contributed by atoms with van der Waals surface area (Å²) in [6, 6.07) is 0.0153. The third kappa shape index (κ3) is 8.50. The van der Waals surface area contributed by atoms with Crippen LogP contribution >= 0.6 is 12.4 Å². The molecule has 0 aromatic rings. The molecule has 136 valence electrons. The minimum Gasteiger partial charge on any atom is -0.353 e. The number of hydrogen-bond donors (Lipinski definition) is 3. The second-order valence-corrected chi connectivity index (χ2v) is 7.68. The van der Waals surface area contributed by atoms with Gasteiger partial charge in [0.2, 0.25) is 21.8 Å². The van der Waals surface area contributed by atoms with Crippen LogP contribution in [0.4, 0.5) is 0 Å².